The summed E-state index contributed by atoms with van der Waals surface area (Å²) in [4.78, 5) is 4.16. The number of hydrogen-bond acceptors (Lipinski definition) is 1. The van der Waals surface area contributed by atoms with Gasteiger partial charge in [0.25, 0.3) is 0 Å². The molecule has 0 radical (unpaired) electrons. The quantitative estimate of drug-likeness (QED) is 0.718. The summed E-state index contributed by atoms with van der Waals surface area (Å²) in [5, 5.41) is 0. The lowest BCUT2D eigenvalue weighted by Crippen LogP contribution is -1.98. The van der Waals surface area contributed by atoms with Gasteiger partial charge in [-0.3, -0.25) is 4.98 Å². The van der Waals surface area contributed by atoms with Gasteiger partial charge in [-0.1, -0.05) is 43.3 Å². The molecule has 1 heteroatoms. The lowest BCUT2D eigenvalue weighted by Gasteiger charge is -2.15. The molecular weight excluding hydrogens is 218 g/mol. The first-order valence-electron chi connectivity index (χ1n) is 6.84. The molecule has 1 nitrogen and oxygen atoms in total. The fraction of sp³-hybridized carbons (Fsp3) is 0.353. The smallest absolute Gasteiger partial charge is 0.0299 e. The molecule has 1 heterocycles. The molecule has 0 aliphatic rings. The summed E-state index contributed by atoms with van der Waals surface area (Å²) in [6.07, 6.45) is 8.66. The van der Waals surface area contributed by atoms with Crippen molar-refractivity contribution in [2.24, 2.45) is 0 Å². The van der Waals surface area contributed by atoms with Crippen molar-refractivity contribution in [1.82, 2.24) is 4.98 Å². The molecule has 0 spiro atoms. The van der Waals surface area contributed by atoms with Gasteiger partial charge in [0.05, 0.1) is 0 Å². The lowest BCUT2D eigenvalue weighted by atomic mass is 9.91. The zero-order valence-corrected chi connectivity index (χ0v) is 11.0. The van der Waals surface area contributed by atoms with E-state index < -0.39 is 0 Å². The minimum Gasteiger partial charge on any atom is -0.264 e. The number of benzene rings is 1. The molecule has 0 saturated carbocycles. The molecule has 0 aliphatic heterocycles. The summed E-state index contributed by atoms with van der Waals surface area (Å²) in [5.74, 6) is 0.697. The summed E-state index contributed by atoms with van der Waals surface area (Å²) < 4.78 is 0. The first-order valence-corrected chi connectivity index (χ1v) is 6.84. The van der Waals surface area contributed by atoms with Crippen molar-refractivity contribution in [2.75, 3.05) is 0 Å². The largest absolute Gasteiger partial charge is 0.264 e. The Morgan fingerprint density at radius 3 is 2.56 bits per heavy atom. The van der Waals surface area contributed by atoms with E-state index in [1.165, 1.54) is 30.4 Å². The van der Waals surface area contributed by atoms with Gasteiger partial charge < -0.3 is 0 Å². The van der Waals surface area contributed by atoms with E-state index >= 15 is 0 Å². The van der Waals surface area contributed by atoms with E-state index in [0.717, 1.165) is 6.42 Å². The summed E-state index contributed by atoms with van der Waals surface area (Å²) in [5.41, 5.74) is 2.83. The predicted octanol–water partition coefficient (Wildman–Crippen LogP) is 4.60. The van der Waals surface area contributed by atoms with Crippen LogP contribution in [-0.4, -0.2) is 4.98 Å². The second-order valence-corrected chi connectivity index (χ2v) is 4.77. The normalized spacial score (nSPS) is 12.3. The minimum absolute atomic E-state index is 0.697. The van der Waals surface area contributed by atoms with Crippen LogP contribution in [0.3, 0.4) is 0 Å². The Labute approximate surface area is 110 Å². The number of nitrogens with zero attached hydrogens (tertiary/aromatic N) is 1. The van der Waals surface area contributed by atoms with Crippen molar-refractivity contribution < 1.29 is 0 Å². The summed E-state index contributed by atoms with van der Waals surface area (Å²) in [7, 11) is 0. The highest BCUT2D eigenvalue weighted by Gasteiger charge is 2.08. The maximum atomic E-state index is 4.16. The molecule has 2 rings (SSSR count). The van der Waals surface area contributed by atoms with Gasteiger partial charge >= 0.3 is 0 Å². The standard InChI is InChI=1S/C17H21N/c1-2-16(17-10-4-3-5-11-17)12-6-8-15-9-7-13-18-14-15/h3-5,7,9-11,13-14,16H,2,6,8,12H2,1H3. The molecule has 0 bridgehead atoms. The lowest BCUT2D eigenvalue weighted by molar-refractivity contribution is 0.575. The van der Waals surface area contributed by atoms with Gasteiger partial charge in [-0.05, 0) is 48.8 Å². The summed E-state index contributed by atoms with van der Waals surface area (Å²) >= 11 is 0. The number of hydrogen-bond donors (Lipinski definition) is 0. The van der Waals surface area contributed by atoms with Crippen molar-refractivity contribution in [2.45, 2.75) is 38.5 Å². The number of rotatable bonds is 6. The Hall–Kier alpha value is -1.63. The van der Waals surface area contributed by atoms with Crippen LogP contribution in [0.4, 0.5) is 0 Å². The van der Waals surface area contributed by atoms with Gasteiger partial charge in [-0.2, -0.15) is 0 Å². The number of pyridine rings is 1. The van der Waals surface area contributed by atoms with Crippen LogP contribution in [0.25, 0.3) is 0 Å². The molecule has 0 fully saturated rings. The molecule has 0 N–H and O–H groups in total. The molecular formula is C17H21N. The molecule has 18 heavy (non-hydrogen) atoms. The van der Waals surface area contributed by atoms with Crippen LogP contribution in [0.15, 0.2) is 54.9 Å². The van der Waals surface area contributed by atoms with Gasteiger partial charge in [0.2, 0.25) is 0 Å². The van der Waals surface area contributed by atoms with Crippen molar-refractivity contribution in [3.63, 3.8) is 0 Å². The minimum atomic E-state index is 0.697. The van der Waals surface area contributed by atoms with Crippen molar-refractivity contribution in [1.29, 1.82) is 0 Å². The maximum Gasteiger partial charge on any atom is 0.0299 e. The molecule has 2 aromatic rings. The third-order valence-corrected chi connectivity index (χ3v) is 3.50. The van der Waals surface area contributed by atoms with Gasteiger partial charge in [-0.15, -0.1) is 0 Å². The summed E-state index contributed by atoms with van der Waals surface area (Å²) in [6, 6.07) is 15.0. The highest BCUT2D eigenvalue weighted by atomic mass is 14.6. The Kier molecular flexibility index (Phi) is 4.95. The average molecular weight is 239 g/mol. The summed E-state index contributed by atoms with van der Waals surface area (Å²) in [6.45, 7) is 2.28. The zero-order valence-electron chi connectivity index (χ0n) is 11.0. The first-order chi connectivity index (χ1) is 8.90. The van der Waals surface area contributed by atoms with Crippen LogP contribution >= 0.6 is 0 Å². The molecule has 0 amide bonds. The first kappa shape index (κ1) is 12.8. The number of aryl methyl sites for hydroxylation is 1. The third-order valence-electron chi connectivity index (χ3n) is 3.50. The van der Waals surface area contributed by atoms with E-state index in [-0.39, 0.29) is 0 Å². The Balaban J connectivity index is 1.85. The Morgan fingerprint density at radius 1 is 1.06 bits per heavy atom. The Bertz CT molecular complexity index is 436. The van der Waals surface area contributed by atoms with E-state index in [1.807, 2.05) is 18.5 Å². The van der Waals surface area contributed by atoms with Crippen LogP contribution in [0.5, 0.6) is 0 Å². The second-order valence-electron chi connectivity index (χ2n) is 4.77. The van der Waals surface area contributed by atoms with Gasteiger partial charge in [0.1, 0.15) is 0 Å². The van der Waals surface area contributed by atoms with Gasteiger partial charge in [-0.25, -0.2) is 0 Å². The van der Waals surface area contributed by atoms with Crippen LogP contribution in [0.2, 0.25) is 0 Å². The molecule has 1 aromatic carbocycles. The number of aromatic nitrogens is 1. The van der Waals surface area contributed by atoms with Crippen LogP contribution < -0.4 is 0 Å². The average Bonchev–Trinajstić information content (AvgIpc) is 2.46. The van der Waals surface area contributed by atoms with Crippen LogP contribution in [0, 0.1) is 0 Å². The van der Waals surface area contributed by atoms with Crippen molar-refractivity contribution in [3.8, 4) is 0 Å². The van der Waals surface area contributed by atoms with Crippen LogP contribution in [0.1, 0.15) is 43.2 Å². The van der Waals surface area contributed by atoms with E-state index in [1.54, 1.807) is 0 Å². The maximum absolute atomic E-state index is 4.16. The van der Waals surface area contributed by atoms with E-state index in [0.29, 0.717) is 5.92 Å². The van der Waals surface area contributed by atoms with Crippen molar-refractivity contribution in [3.05, 3.63) is 66.0 Å². The predicted molar refractivity (Wildman–Crippen MR) is 76.6 cm³/mol. The fourth-order valence-electron chi connectivity index (χ4n) is 2.43. The zero-order chi connectivity index (χ0) is 12.6. The van der Waals surface area contributed by atoms with E-state index in [9.17, 15) is 0 Å². The van der Waals surface area contributed by atoms with Gasteiger partial charge in [0.15, 0.2) is 0 Å². The molecule has 1 atom stereocenters. The monoisotopic (exact) mass is 239 g/mol. The van der Waals surface area contributed by atoms with Crippen molar-refractivity contribution >= 4 is 0 Å². The highest BCUT2D eigenvalue weighted by molar-refractivity contribution is 5.19. The van der Waals surface area contributed by atoms with E-state index in [4.69, 9.17) is 0 Å². The molecule has 1 aromatic heterocycles. The fourth-order valence-corrected chi connectivity index (χ4v) is 2.43. The molecule has 1 unspecified atom stereocenters. The Morgan fingerprint density at radius 2 is 1.89 bits per heavy atom. The van der Waals surface area contributed by atoms with Crippen LogP contribution in [-0.2, 0) is 6.42 Å². The third kappa shape index (κ3) is 3.69. The molecule has 0 saturated heterocycles. The van der Waals surface area contributed by atoms with E-state index in [2.05, 4.69) is 48.3 Å². The topological polar surface area (TPSA) is 12.9 Å². The molecule has 94 valence electrons. The highest BCUT2D eigenvalue weighted by Crippen LogP contribution is 2.25. The second kappa shape index (κ2) is 6.95. The van der Waals surface area contributed by atoms with Gasteiger partial charge in [0, 0.05) is 12.4 Å². The molecule has 0 aliphatic carbocycles. The SMILES string of the molecule is CCC(CCCc1cccnc1)c1ccccc1.